The van der Waals surface area contributed by atoms with Crippen molar-refractivity contribution in [2.45, 2.75) is 91.5 Å². The predicted octanol–water partition coefficient (Wildman–Crippen LogP) is 2.67. The smallest absolute Gasteiger partial charge is 0.408 e. The summed E-state index contributed by atoms with van der Waals surface area (Å²) in [4.78, 5) is 50.6. The molecule has 0 saturated carbocycles. The molecule has 1 aromatic carbocycles. The molecule has 1 rings (SSSR count). The van der Waals surface area contributed by atoms with Gasteiger partial charge < -0.3 is 26.4 Å². The van der Waals surface area contributed by atoms with Gasteiger partial charge in [0.25, 0.3) is 0 Å². The quantitative estimate of drug-likeness (QED) is 0.357. The van der Waals surface area contributed by atoms with Crippen LogP contribution < -0.4 is 21.7 Å². The van der Waals surface area contributed by atoms with Crippen molar-refractivity contribution in [1.29, 1.82) is 0 Å². The molecule has 1 aromatic rings. The third-order valence-electron chi connectivity index (χ3n) is 5.00. The Balaban J connectivity index is 3.08. The van der Waals surface area contributed by atoms with Crippen LogP contribution in [0.5, 0.6) is 0 Å². The molecule has 0 aliphatic rings. The molecule has 5 N–H and O–H groups in total. The topological polar surface area (TPSA) is 140 Å². The fourth-order valence-corrected chi connectivity index (χ4v) is 3.47. The number of primary amides is 1. The molecule has 9 heteroatoms. The van der Waals surface area contributed by atoms with E-state index in [-0.39, 0.29) is 18.3 Å². The van der Waals surface area contributed by atoms with E-state index in [1.807, 2.05) is 58.0 Å². The van der Waals surface area contributed by atoms with Gasteiger partial charge in [0.05, 0.1) is 0 Å². The number of benzene rings is 1. The maximum absolute atomic E-state index is 13.3. The molecular weight excluding hydrogens is 448 g/mol. The van der Waals surface area contributed by atoms with Crippen LogP contribution in [0.25, 0.3) is 0 Å². The van der Waals surface area contributed by atoms with Crippen molar-refractivity contribution in [2.75, 3.05) is 0 Å². The number of hydrogen-bond acceptors (Lipinski definition) is 5. The van der Waals surface area contributed by atoms with E-state index in [9.17, 15) is 19.2 Å². The molecule has 35 heavy (non-hydrogen) atoms. The van der Waals surface area contributed by atoms with E-state index in [0.717, 1.165) is 5.56 Å². The van der Waals surface area contributed by atoms with Crippen molar-refractivity contribution in [3.63, 3.8) is 0 Å². The summed E-state index contributed by atoms with van der Waals surface area (Å²) in [5.74, 6) is -1.43. The number of hydrogen-bond donors (Lipinski definition) is 4. The van der Waals surface area contributed by atoms with Crippen molar-refractivity contribution < 1.29 is 23.9 Å². The van der Waals surface area contributed by atoms with Crippen LogP contribution >= 0.6 is 0 Å². The highest BCUT2D eigenvalue weighted by atomic mass is 16.6. The van der Waals surface area contributed by atoms with Gasteiger partial charge in [-0.25, -0.2) is 4.79 Å². The van der Waals surface area contributed by atoms with Gasteiger partial charge in [-0.3, -0.25) is 14.4 Å². The highest BCUT2D eigenvalue weighted by Crippen LogP contribution is 2.11. The molecule has 4 amide bonds. The van der Waals surface area contributed by atoms with Gasteiger partial charge in [-0.05, 0) is 51.0 Å². The van der Waals surface area contributed by atoms with Crippen LogP contribution in [0.1, 0.15) is 66.9 Å². The second-order valence-corrected chi connectivity index (χ2v) is 10.7. The highest BCUT2D eigenvalue weighted by molar-refractivity contribution is 5.93. The van der Waals surface area contributed by atoms with Crippen LogP contribution in [0, 0.1) is 11.8 Å². The summed E-state index contributed by atoms with van der Waals surface area (Å²) in [6.07, 6.45) is 0.207. The van der Waals surface area contributed by atoms with E-state index in [4.69, 9.17) is 10.5 Å². The van der Waals surface area contributed by atoms with Gasteiger partial charge in [0.15, 0.2) is 0 Å². The highest BCUT2D eigenvalue weighted by Gasteiger charge is 2.31. The maximum atomic E-state index is 13.3. The molecule has 0 saturated heterocycles. The number of ether oxygens (including phenoxy) is 1. The third kappa shape index (κ3) is 12.2. The number of alkyl carbamates (subject to hydrolysis) is 1. The lowest BCUT2D eigenvalue weighted by Crippen LogP contribution is -2.57. The Labute approximate surface area is 208 Å². The zero-order chi connectivity index (χ0) is 26.8. The zero-order valence-electron chi connectivity index (χ0n) is 22.0. The molecule has 0 spiro atoms. The summed E-state index contributed by atoms with van der Waals surface area (Å²) >= 11 is 0. The monoisotopic (exact) mass is 490 g/mol. The van der Waals surface area contributed by atoms with Crippen molar-refractivity contribution in [3.8, 4) is 0 Å². The van der Waals surface area contributed by atoms with Crippen molar-refractivity contribution in [3.05, 3.63) is 35.9 Å². The first kappa shape index (κ1) is 29.9. The Morgan fingerprint density at radius 3 is 1.77 bits per heavy atom. The maximum Gasteiger partial charge on any atom is 0.408 e. The van der Waals surface area contributed by atoms with Crippen LogP contribution in [0.15, 0.2) is 30.3 Å². The van der Waals surface area contributed by atoms with Gasteiger partial charge in [-0.15, -0.1) is 0 Å². The normalized spacial score (nSPS) is 14.1. The summed E-state index contributed by atoms with van der Waals surface area (Å²) in [5.41, 5.74) is 5.57. The van der Waals surface area contributed by atoms with Crippen LogP contribution in [0.3, 0.4) is 0 Å². The first-order chi connectivity index (χ1) is 16.2. The van der Waals surface area contributed by atoms with E-state index in [1.54, 1.807) is 20.8 Å². The van der Waals surface area contributed by atoms with E-state index in [2.05, 4.69) is 16.0 Å². The Morgan fingerprint density at radius 2 is 1.29 bits per heavy atom. The van der Waals surface area contributed by atoms with Gasteiger partial charge in [0, 0.05) is 6.42 Å². The molecule has 9 nitrogen and oxygen atoms in total. The third-order valence-corrected chi connectivity index (χ3v) is 5.00. The van der Waals surface area contributed by atoms with Gasteiger partial charge in [0.2, 0.25) is 17.7 Å². The predicted molar refractivity (Wildman–Crippen MR) is 135 cm³/mol. The molecular formula is C26H42N4O5. The number of carbonyl (C=O) groups is 4. The average Bonchev–Trinajstić information content (AvgIpc) is 2.70. The second kappa shape index (κ2) is 13.7. The lowest BCUT2D eigenvalue weighted by Gasteiger charge is -2.27. The number of rotatable bonds is 12. The van der Waals surface area contributed by atoms with Gasteiger partial charge in [-0.2, -0.15) is 0 Å². The summed E-state index contributed by atoms with van der Waals surface area (Å²) in [7, 11) is 0. The van der Waals surface area contributed by atoms with Crippen LogP contribution in [-0.2, 0) is 25.5 Å². The molecule has 196 valence electrons. The standard InChI is InChI=1S/C26H42N4O5/c1-16(2)13-19(22(27)31)28-23(32)20(14-17(3)4)29-24(33)21(15-18-11-9-8-10-12-18)30-25(34)35-26(5,6)7/h8-12,16-17,19-21H,13-15H2,1-7H3,(H2,27,31)(H,28,32)(H,29,33)(H,30,34)/t19-,20+,21+/m0/s1. The largest absolute Gasteiger partial charge is 0.444 e. The Hall–Kier alpha value is -3.10. The number of carbonyl (C=O) groups excluding carboxylic acids is 4. The first-order valence-electron chi connectivity index (χ1n) is 12.1. The number of amides is 4. The minimum absolute atomic E-state index is 0.0783. The van der Waals surface area contributed by atoms with E-state index in [0.29, 0.717) is 12.8 Å². The molecule has 0 unspecified atom stereocenters. The lowest BCUT2D eigenvalue weighted by atomic mass is 9.99. The Kier molecular flexibility index (Phi) is 11.7. The molecule has 0 bridgehead atoms. The Bertz CT molecular complexity index is 849. The number of nitrogens with two attached hydrogens (primary N) is 1. The van der Waals surface area contributed by atoms with E-state index in [1.165, 1.54) is 0 Å². The summed E-state index contributed by atoms with van der Waals surface area (Å²) in [5, 5.41) is 8.07. The minimum Gasteiger partial charge on any atom is -0.444 e. The van der Waals surface area contributed by atoms with Crippen LogP contribution in [-0.4, -0.2) is 47.5 Å². The van der Waals surface area contributed by atoms with Gasteiger partial charge in [0.1, 0.15) is 23.7 Å². The van der Waals surface area contributed by atoms with Crippen molar-refractivity contribution in [2.24, 2.45) is 17.6 Å². The second-order valence-electron chi connectivity index (χ2n) is 10.7. The van der Waals surface area contributed by atoms with Crippen molar-refractivity contribution >= 4 is 23.8 Å². The van der Waals surface area contributed by atoms with E-state index >= 15 is 0 Å². The molecule has 3 atom stereocenters. The molecule has 0 heterocycles. The fraction of sp³-hybridized carbons (Fsp3) is 0.615. The molecule has 0 fully saturated rings. The molecule has 0 aromatic heterocycles. The molecule has 0 aliphatic heterocycles. The minimum atomic E-state index is -0.975. The van der Waals surface area contributed by atoms with Crippen LogP contribution in [0.2, 0.25) is 0 Å². The van der Waals surface area contributed by atoms with Crippen molar-refractivity contribution in [1.82, 2.24) is 16.0 Å². The Morgan fingerprint density at radius 1 is 0.800 bits per heavy atom. The van der Waals surface area contributed by atoms with Gasteiger partial charge >= 0.3 is 6.09 Å². The molecule has 0 aliphatic carbocycles. The summed E-state index contributed by atoms with van der Waals surface area (Å²) in [6.45, 7) is 12.9. The summed E-state index contributed by atoms with van der Waals surface area (Å²) in [6, 6.07) is 6.51. The lowest BCUT2D eigenvalue weighted by molar-refractivity contribution is -0.132. The van der Waals surface area contributed by atoms with Crippen LogP contribution in [0.4, 0.5) is 4.79 Å². The number of nitrogens with one attached hydrogen (secondary N) is 3. The fourth-order valence-electron chi connectivity index (χ4n) is 3.47. The average molecular weight is 491 g/mol. The SMILES string of the molecule is CC(C)C[C@H](NC(=O)[C@@H](CC(C)C)NC(=O)[C@@H](Cc1ccccc1)NC(=O)OC(C)(C)C)C(N)=O. The zero-order valence-corrected chi connectivity index (χ0v) is 22.0. The first-order valence-corrected chi connectivity index (χ1v) is 12.1. The van der Waals surface area contributed by atoms with E-state index < -0.39 is 47.5 Å². The van der Waals surface area contributed by atoms with Gasteiger partial charge in [-0.1, -0.05) is 58.0 Å². The molecule has 0 radical (unpaired) electrons. The summed E-state index contributed by atoms with van der Waals surface area (Å²) < 4.78 is 5.33.